The predicted molar refractivity (Wildman–Crippen MR) is 110 cm³/mol. The summed E-state index contributed by atoms with van der Waals surface area (Å²) in [5, 5.41) is 2.83. The van der Waals surface area contributed by atoms with Gasteiger partial charge in [-0.05, 0) is 48.5 Å². The van der Waals surface area contributed by atoms with Crippen molar-refractivity contribution < 1.29 is 19.1 Å². The number of rotatable bonds is 7. The van der Waals surface area contributed by atoms with E-state index in [1.165, 1.54) is 18.9 Å². The average Bonchev–Trinajstić information content (AvgIpc) is 2.68. The van der Waals surface area contributed by atoms with Crippen molar-refractivity contribution in [1.29, 1.82) is 0 Å². The fourth-order valence-corrected chi connectivity index (χ4v) is 2.64. The highest BCUT2D eigenvalue weighted by atomic mass is 16.5. The van der Waals surface area contributed by atoms with Gasteiger partial charge >= 0.3 is 5.97 Å². The third-order valence-corrected chi connectivity index (χ3v) is 4.21. The summed E-state index contributed by atoms with van der Waals surface area (Å²) in [6, 6.07) is 14.0. The minimum Gasteiger partial charge on any atom is -0.465 e. The van der Waals surface area contributed by atoms with Gasteiger partial charge in [-0.2, -0.15) is 0 Å². The van der Waals surface area contributed by atoms with Gasteiger partial charge in [0.1, 0.15) is 0 Å². The van der Waals surface area contributed by atoms with E-state index in [1.54, 1.807) is 24.3 Å². The summed E-state index contributed by atoms with van der Waals surface area (Å²) < 4.78 is 4.66. The minimum absolute atomic E-state index is 0.147. The van der Waals surface area contributed by atoms with Crippen LogP contribution in [-0.4, -0.2) is 45.5 Å². The number of methoxy groups -OCH3 is 1. The molecule has 0 aliphatic carbocycles. The van der Waals surface area contributed by atoms with Gasteiger partial charge in [-0.15, -0.1) is 0 Å². The molecule has 7 heteroatoms. The number of nitrogens with one attached hydrogen (secondary N) is 1. The Morgan fingerprint density at radius 1 is 0.929 bits per heavy atom. The average molecular weight is 383 g/mol. The van der Waals surface area contributed by atoms with E-state index in [0.29, 0.717) is 16.9 Å². The van der Waals surface area contributed by atoms with Crippen LogP contribution in [0.15, 0.2) is 48.5 Å². The molecule has 28 heavy (non-hydrogen) atoms. The van der Waals surface area contributed by atoms with Gasteiger partial charge in [0.05, 0.1) is 12.7 Å². The standard InChI is InChI=1S/C21H25N3O4/c1-15(25)24(19-9-5-16(6-10-19)21(27)28-4)14-13-20(26)22-17-7-11-18(12-8-17)23(2)3/h5-12H,13-14H2,1-4H3,(H,22,26). The number of carbonyl (C=O) groups is 3. The number of hydrogen-bond acceptors (Lipinski definition) is 5. The van der Waals surface area contributed by atoms with Crippen molar-refractivity contribution in [2.75, 3.05) is 42.9 Å². The molecule has 0 aliphatic rings. The van der Waals surface area contributed by atoms with Gasteiger partial charge in [-0.25, -0.2) is 4.79 Å². The molecule has 0 spiro atoms. The molecule has 7 nitrogen and oxygen atoms in total. The molecule has 0 bridgehead atoms. The first-order valence-electron chi connectivity index (χ1n) is 8.85. The second-order valence-corrected chi connectivity index (χ2v) is 6.45. The third kappa shape index (κ3) is 5.57. The fourth-order valence-electron chi connectivity index (χ4n) is 2.64. The van der Waals surface area contributed by atoms with Crippen molar-refractivity contribution in [1.82, 2.24) is 0 Å². The summed E-state index contributed by atoms with van der Waals surface area (Å²) in [4.78, 5) is 39.2. The highest BCUT2D eigenvalue weighted by molar-refractivity contribution is 5.95. The molecule has 0 fully saturated rings. The second-order valence-electron chi connectivity index (χ2n) is 6.45. The smallest absolute Gasteiger partial charge is 0.337 e. The lowest BCUT2D eigenvalue weighted by molar-refractivity contribution is -0.117. The Morgan fingerprint density at radius 2 is 1.50 bits per heavy atom. The van der Waals surface area contributed by atoms with E-state index in [9.17, 15) is 14.4 Å². The number of hydrogen-bond donors (Lipinski definition) is 1. The van der Waals surface area contributed by atoms with Gasteiger partial charge in [0.15, 0.2) is 0 Å². The highest BCUT2D eigenvalue weighted by Crippen LogP contribution is 2.18. The van der Waals surface area contributed by atoms with E-state index in [4.69, 9.17) is 0 Å². The molecule has 0 heterocycles. The highest BCUT2D eigenvalue weighted by Gasteiger charge is 2.15. The number of anilines is 3. The maximum Gasteiger partial charge on any atom is 0.337 e. The van der Waals surface area contributed by atoms with E-state index in [-0.39, 0.29) is 24.8 Å². The lowest BCUT2D eigenvalue weighted by Gasteiger charge is -2.21. The molecule has 148 valence electrons. The Hall–Kier alpha value is -3.35. The monoisotopic (exact) mass is 383 g/mol. The molecule has 0 unspecified atom stereocenters. The molecule has 2 amide bonds. The third-order valence-electron chi connectivity index (χ3n) is 4.21. The normalized spacial score (nSPS) is 10.1. The van der Waals surface area contributed by atoms with Crippen molar-refractivity contribution in [3.63, 3.8) is 0 Å². The van der Waals surface area contributed by atoms with Gasteiger partial charge in [0, 0.05) is 51.0 Å². The van der Waals surface area contributed by atoms with Gasteiger partial charge < -0.3 is 19.9 Å². The van der Waals surface area contributed by atoms with Crippen molar-refractivity contribution in [3.8, 4) is 0 Å². The van der Waals surface area contributed by atoms with Gasteiger partial charge in [-0.1, -0.05) is 0 Å². The summed E-state index contributed by atoms with van der Waals surface area (Å²) in [5.41, 5.74) is 2.75. The van der Waals surface area contributed by atoms with Crippen LogP contribution in [0.25, 0.3) is 0 Å². The number of nitrogens with zero attached hydrogens (tertiary/aromatic N) is 2. The van der Waals surface area contributed by atoms with Crippen LogP contribution in [0, 0.1) is 0 Å². The first-order chi connectivity index (χ1) is 13.3. The molecule has 1 N–H and O–H groups in total. The van der Waals surface area contributed by atoms with E-state index in [0.717, 1.165) is 5.69 Å². The van der Waals surface area contributed by atoms with Crippen molar-refractivity contribution in [3.05, 3.63) is 54.1 Å². The number of ether oxygens (including phenoxy) is 1. The van der Waals surface area contributed by atoms with Gasteiger partial charge in [-0.3, -0.25) is 9.59 Å². The maximum atomic E-state index is 12.3. The number of amides is 2. The van der Waals surface area contributed by atoms with E-state index < -0.39 is 5.97 Å². The van der Waals surface area contributed by atoms with Crippen LogP contribution in [0.1, 0.15) is 23.7 Å². The van der Waals surface area contributed by atoms with Crippen LogP contribution in [0.2, 0.25) is 0 Å². The summed E-state index contributed by atoms with van der Waals surface area (Å²) in [5.74, 6) is -0.815. The van der Waals surface area contributed by atoms with Crippen molar-refractivity contribution in [2.45, 2.75) is 13.3 Å². The van der Waals surface area contributed by atoms with Crippen LogP contribution in [0.4, 0.5) is 17.1 Å². The lowest BCUT2D eigenvalue weighted by Crippen LogP contribution is -2.32. The minimum atomic E-state index is -0.444. The summed E-state index contributed by atoms with van der Waals surface area (Å²) in [7, 11) is 5.20. The molecule has 2 aromatic carbocycles. The fraction of sp³-hybridized carbons (Fsp3) is 0.286. The Labute approximate surface area is 164 Å². The predicted octanol–water partition coefficient (Wildman–Crippen LogP) is 2.92. The van der Waals surface area contributed by atoms with Crippen LogP contribution >= 0.6 is 0 Å². The first-order valence-corrected chi connectivity index (χ1v) is 8.85. The zero-order valence-corrected chi connectivity index (χ0v) is 16.6. The first kappa shape index (κ1) is 21.0. The molecular formula is C21H25N3O4. The largest absolute Gasteiger partial charge is 0.465 e. The number of esters is 1. The van der Waals surface area contributed by atoms with Gasteiger partial charge in [0.2, 0.25) is 11.8 Å². The van der Waals surface area contributed by atoms with Crippen LogP contribution in [-0.2, 0) is 14.3 Å². The van der Waals surface area contributed by atoms with E-state index >= 15 is 0 Å². The molecule has 0 saturated heterocycles. The molecule has 0 aromatic heterocycles. The Balaban J connectivity index is 1.98. The molecule has 0 radical (unpaired) electrons. The summed E-state index contributed by atoms with van der Waals surface area (Å²) >= 11 is 0. The molecule has 2 rings (SSSR count). The van der Waals surface area contributed by atoms with Crippen molar-refractivity contribution in [2.24, 2.45) is 0 Å². The number of benzene rings is 2. The Kier molecular flexibility index (Phi) is 7.14. The SMILES string of the molecule is COC(=O)c1ccc(N(CCC(=O)Nc2ccc(N(C)C)cc2)C(C)=O)cc1. The van der Waals surface area contributed by atoms with Crippen molar-refractivity contribution >= 4 is 34.8 Å². The van der Waals surface area contributed by atoms with E-state index in [1.807, 2.05) is 43.3 Å². The van der Waals surface area contributed by atoms with Gasteiger partial charge in [0.25, 0.3) is 0 Å². The number of carbonyl (C=O) groups excluding carboxylic acids is 3. The Morgan fingerprint density at radius 3 is 2.00 bits per heavy atom. The molecule has 0 aliphatic heterocycles. The zero-order valence-electron chi connectivity index (χ0n) is 16.6. The zero-order chi connectivity index (χ0) is 20.7. The molecule has 2 aromatic rings. The summed E-state index contributed by atoms with van der Waals surface area (Å²) in [6.07, 6.45) is 0.147. The second kappa shape index (κ2) is 9.55. The maximum absolute atomic E-state index is 12.3. The van der Waals surface area contributed by atoms with Crippen LogP contribution in [0.5, 0.6) is 0 Å². The topological polar surface area (TPSA) is 79.0 Å². The van der Waals surface area contributed by atoms with Crippen LogP contribution < -0.4 is 15.1 Å². The quantitative estimate of drug-likeness (QED) is 0.744. The molecular weight excluding hydrogens is 358 g/mol. The molecule has 0 atom stereocenters. The van der Waals surface area contributed by atoms with Crippen LogP contribution in [0.3, 0.4) is 0 Å². The lowest BCUT2D eigenvalue weighted by atomic mass is 10.2. The summed E-state index contributed by atoms with van der Waals surface area (Å²) in [6.45, 7) is 1.67. The Bertz CT molecular complexity index is 830. The van der Waals surface area contributed by atoms with E-state index in [2.05, 4.69) is 10.1 Å². The molecule has 0 saturated carbocycles.